The zero-order valence-corrected chi connectivity index (χ0v) is 10.7. The molecule has 0 radical (unpaired) electrons. The molecule has 0 aliphatic carbocycles. The Balaban J connectivity index is 4.93. The van der Waals surface area contributed by atoms with Crippen molar-refractivity contribution in [3.63, 3.8) is 0 Å². The third-order valence-corrected chi connectivity index (χ3v) is 1.95. The normalized spacial score (nSPS) is 12.4. The number of rotatable bonds is 8. The van der Waals surface area contributed by atoms with E-state index in [-0.39, 0.29) is 13.2 Å². The van der Waals surface area contributed by atoms with Gasteiger partial charge in [0.1, 0.15) is 0 Å². The first kappa shape index (κ1) is 17.0. The number of carbonyl (C=O) groups excluding carboxylic acids is 2. The van der Waals surface area contributed by atoms with E-state index in [1.54, 1.807) is 13.8 Å². The highest BCUT2D eigenvalue weighted by Gasteiger charge is 2.28. The van der Waals surface area contributed by atoms with Gasteiger partial charge < -0.3 is 19.7 Å². The molecule has 108 valence electrons. The number of nitrogens with zero attached hydrogens (tertiary/aromatic N) is 1. The fourth-order valence-corrected chi connectivity index (χ4v) is 1.06. The predicted molar refractivity (Wildman–Crippen MR) is 63.8 cm³/mol. The molecule has 8 heteroatoms. The van der Waals surface area contributed by atoms with Crippen LogP contribution in [0.1, 0.15) is 13.8 Å². The van der Waals surface area contributed by atoms with Crippen LogP contribution in [0.25, 0.3) is 0 Å². The number of esters is 2. The molecule has 8 nitrogen and oxygen atoms in total. The van der Waals surface area contributed by atoms with E-state index < -0.39 is 36.5 Å². The topological polar surface area (TPSA) is 122 Å². The number of ether oxygens (including phenoxy) is 2. The molecule has 0 aromatic carbocycles. The third-order valence-electron chi connectivity index (χ3n) is 1.95. The third kappa shape index (κ3) is 5.96. The molecule has 0 saturated carbocycles. The number of hydrogen-bond donors (Lipinski definition) is 2. The Bertz CT molecular complexity index is 335. The molecule has 0 bridgehead atoms. The number of aliphatic hydroxyl groups is 1. The van der Waals surface area contributed by atoms with Crippen molar-refractivity contribution >= 4 is 24.1 Å². The summed E-state index contributed by atoms with van der Waals surface area (Å²) in [6, 6.07) is -1.44. The van der Waals surface area contributed by atoms with Gasteiger partial charge in [-0.2, -0.15) is 0 Å². The number of aliphatic hydroxyl groups excluding tert-OH is 1. The molecule has 19 heavy (non-hydrogen) atoms. The molecule has 0 spiro atoms. The van der Waals surface area contributed by atoms with Crippen LogP contribution in [-0.2, 0) is 23.9 Å². The van der Waals surface area contributed by atoms with E-state index in [2.05, 4.69) is 14.5 Å². The molecule has 0 fully saturated rings. The van der Waals surface area contributed by atoms with Crippen molar-refractivity contribution in [1.29, 1.82) is 0 Å². The summed E-state index contributed by atoms with van der Waals surface area (Å²) in [7, 11) is 0. The maximum atomic E-state index is 11.5. The Morgan fingerprint density at radius 2 is 1.63 bits per heavy atom. The van der Waals surface area contributed by atoms with Crippen molar-refractivity contribution in [2.24, 2.45) is 10.9 Å². The second kappa shape index (κ2) is 9.03. The lowest BCUT2D eigenvalue weighted by molar-refractivity contribution is -0.157. The Morgan fingerprint density at radius 3 is 1.95 bits per heavy atom. The first-order valence-electron chi connectivity index (χ1n) is 5.68. The van der Waals surface area contributed by atoms with Crippen LogP contribution in [-0.4, -0.2) is 60.2 Å². The fraction of sp³-hybridized carbons (Fsp3) is 0.636. The van der Waals surface area contributed by atoms with Crippen LogP contribution in [0, 0.1) is 5.92 Å². The van der Waals surface area contributed by atoms with Crippen LogP contribution in [0.3, 0.4) is 0 Å². The molecule has 0 aliphatic heterocycles. The summed E-state index contributed by atoms with van der Waals surface area (Å²) < 4.78 is 9.31. The van der Waals surface area contributed by atoms with Gasteiger partial charge in [0, 0.05) is 6.21 Å². The van der Waals surface area contributed by atoms with Crippen LogP contribution in [0.5, 0.6) is 0 Å². The molecule has 0 aliphatic rings. The minimum Gasteiger partial charge on any atom is -0.480 e. The summed E-state index contributed by atoms with van der Waals surface area (Å²) >= 11 is 0. The van der Waals surface area contributed by atoms with Crippen molar-refractivity contribution < 1.29 is 34.1 Å². The molecule has 2 N–H and O–H groups in total. The van der Waals surface area contributed by atoms with Crippen molar-refractivity contribution in [3.05, 3.63) is 0 Å². The van der Waals surface area contributed by atoms with Gasteiger partial charge in [-0.3, -0.25) is 14.6 Å². The lowest BCUT2D eigenvalue weighted by Crippen LogP contribution is -2.31. The van der Waals surface area contributed by atoms with Crippen LogP contribution in [0.15, 0.2) is 4.99 Å². The number of carboxylic acids is 1. The molecule has 0 rings (SSSR count). The maximum Gasteiger partial charge on any atom is 0.330 e. The van der Waals surface area contributed by atoms with E-state index in [9.17, 15) is 14.4 Å². The van der Waals surface area contributed by atoms with Gasteiger partial charge in [-0.1, -0.05) is 0 Å². The van der Waals surface area contributed by atoms with Crippen molar-refractivity contribution in [3.8, 4) is 0 Å². The summed E-state index contributed by atoms with van der Waals surface area (Å²) in [5, 5.41) is 17.4. The van der Waals surface area contributed by atoms with E-state index in [1.807, 2.05) is 0 Å². The molecule has 0 aromatic heterocycles. The molecular formula is C11H17NO7. The highest BCUT2D eigenvalue weighted by molar-refractivity contribution is 6.09. The summed E-state index contributed by atoms with van der Waals surface area (Å²) in [6.07, 6.45) is 0.824. The highest BCUT2D eigenvalue weighted by Crippen LogP contribution is 2.03. The Kier molecular flexibility index (Phi) is 8.10. The molecule has 0 aromatic rings. The van der Waals surface area contributed by atoms with Gasteiger partial charge in [0.05, 0.1) is 19.8 Å². The number of carboxylic acid groups (broad SMARTS) is 1. The van der Waals surface area contributed by atoms with Crippen molar-refractivity contribution in [2.75, 3.05) is 19.8 Å². The Labute approximate surface area is 110 Å². The number of carbonyl (C=O) groups is 3. The zero-order chi connectivity index (χ0) is 14.8. The molecule has 0 heterocycles. The van der Waals surface area contributed by atoms with Gasteiger partial charge in [0.2, 0.25) is 0 Å². The second-order valence-corrected chi connectivity index (χ2v) is 3.32. The zero-order valence-electron chi connectivity index (χ0n) is 10.7. The van der Waals surface area contributed by atoms with Crippen molar-refractivity contribution in [2.45, 2.75) is 19.9 Å². The summed E-state index contributed by atoms with van der Waals surface area (Å²) in [5.41, 5.74) is 0. The average Bonchev–Trinajstić information content (AvgIpc) is 2.34. The van der Waals surface area contributed by atoms with Crippen molar-refractivity contribution in [1.82, 2.24) is 0 Å². The number of aliphatic imine (C=N–C) groups is 1. The largest absolute Gasteiger partial charge is 0.480 e. The van der Waals surface area contributed by atoms with Gasteiger partial charge in [0.25, 0.3) is 0 Å². The Hall–Kier alpha value is -1.96. The van der Waals surface area contributed by atoms with Crippen LogP contribution in [0.4, 0.5) is 0 Å². The van der Waals surface area contributed by atoms with Gasteiger partial charge in [-0.25, -0.2) is 4.79 Å². The summed E-state index contributed by atoms with van der Waals surface area (Å²) in [6.45, 7) is 2.50. The maximum absolute atomic E-state index is 11.5. The van der Waals surface area contributed by atoms with Gasteiger partial charge in [0.15, 0.2) is 12.0 Å². The SMILES string of the molecule is CCOC(=O)C(C=N[C@@H](CO)C(=O)O)C(=O)OCC. The van der Waals surface area contributed by atoms with E-state index in [0.717, 1.165) is 6.21 Å². The first-order valence-corrected chi connectivity index (χ1v) is 5.68. The Morgan fingerprint density at radius 1 is 1.16 bits per heavy atom. The standard InChI is InChI=1S/C11H17NO7/c1-3-18-10(16)7(11(17)19-4-2)5-12-8(6-13)9(14)15/h5,7-8,13H,3-4,6H2,1-2H3,(H,14,15)/t8-/m0/s1. The van der Waals surface area contributed by atoms with Gasteiger partial charge in [-0.15, -0.1) is 0 Å². The van der Waals surface area contributed by atoms with E-state index in [0.29, 0.717) is 0 Å². The smallest absolute Gasteiger partial charge is 0.330 e. The van der Waals surface area contributed by atoms with Crippen LogP contribution >= 0.6 is 0 Å². The highest BCUT2D eigenvalue weighted by atomic mass is 16.6. The fourth-order valence-electron chi connectivity index (χ4n) is 1.06. The summed E-state index contributed by atoms with van der Waals surface area (Å²) in [5.74, 6) is -4.57. The average molecular weight is 275 g/mol. The lowest BCUT2D eigenvalue weighted by atomic mass is 10.1. The molecule has 0 saturated heterocycles. The first-order chi connectivity index (χ1) is 8.97. The quantitative estimate of drug-likeness (QED) is 0.339. The van der Waals surface area contributed by atoms with Crippen LogP contribution < -0.4 is 0 Å². The lowest BCUT2D eigenvalue weighted by Gasteiger charge is -2.11. The number of hydrogen-bond acceptors (Lipinski definition) is 7. The number of aliphatic carboxylic acids is 1. The second-order valence-electron chi connectivity index (χ2n) is 3.32. The molecule has 1 atom stereocenters. The predicted octanol–water partition coefficient (Wildman–Crippen LogP) is -0.755. The van der Waals surface area contributed by atoms with Crippen LogP contribution in [0.2, 0.25) is 0 Å². The molecular weight excluding hydrogens is 258 g/mol. The van der Waals surface area contributed by atoms with E-state index >= 15 is 0 Å². The summed E-state index contributed by atoms with van der Waals surface area (Å²) in [4.78, 5) is 37.1. The van der Waals surface area contributed by atoms with E-state index in [1.165, 1.54) is 0 Å². The van der Waals surface area contributed by atoms with Gasteiger partial charge in [-0.05, 0) is 13.8 Å². The molecule has 0 amide bonds. The minimum atomic E-state index is -1.44. The minimum absolute atomic E-state index is 0.0605. The van der Waals surface area contributed by atoms with E-state index in [4.69, 9.17) is 10.2 Å². The monoisotopic (exact) mass is 275 g/mol. The van der Waals surface area contributed by atoms with Gasteiger partial charge >= 0.3 is 17.9 Å². The molecule has 0 unspecified atom stereocenters.